The van der Waals surface area contributed by atoms with Crippen molar-refractivity contribution in [2.24, 2.45) is 0 Å². The first-order chi connectivity index (χ1) is 12.0. The van der Waals surface area contributed by atoms with Crippen LogP contribution in [0, 0.1) is 0 Å². The highest BCUT2D eigenvalue weighted by Gasteiger charge is 2.19. The average molecular weight is 341 g/mol. The Morgan fingerprint density at radius 3 is 2.76 bits per heavy atom. The standard InChI is InChI=1S/C18H19N3O4/c1-3-4-13(17(22)23)11-7-8-20-16(9-11)14-6-5-12(10-15(14)19)21-18(24)25-2/h3,5-10,13H,1,4,19H2,2H3,(H,21,24)(H,22,23). The molecular formula is C18H19N3O4. The summed E-state index contributed by atoms with van der Waals surface area (Å²) in [5.74, 6) is -1.62. The maximum atomic E-state index is 11.4. The van der Waals surface area contributed by atoms with Crippen molar-refractivity contribution in [3.63, 3.8) is 0 Å². The summed E-state index contributed by atoms with van der Waals surface area (Å²) >= 11 is 0. The van der Waals surface area contributed by atoms with E-state index in [9.17, 15) is 14.7 Å². The zero-order valence-electron chi connectivity index (χ0n) is 13.7. The van der Waals surface area contributed by atoms with E-state index in [-0.39, 0.29) is 0 Å². The third-order valence-electron chi connectivity index (χ3n) is 3.65. The molecule has 130 valence electrons. The Bertz CT molecular complexity index is 805. The molecule has 7 nitrogen and oxygen atoms in total. The smallest absolute Gasteiger partial charge is 0.411 e. The Morgan fingerprint density at radius 1 is 1.40 bits per heavy atom. The first-order valence-electron chi connectivity index (χ1n) is 7.50. The Morgan fingerprint density at radius 2 is 2.16 bits per heavy atom. The third kappa shape index (κ3) is 4.35. The summed E-state index contributed by atoms with van der Waals surface area (Å²) in [6.07, 6.45) is 2.83. The first-order valence-corrected chi connectivity index (χ1v) is 7.50. The molecule has 0 aliphatic heterocycles. The van der Waals surface area contributed by atoms with Crippen LogP contribution in [0.4, 0.5) is 16.2 Å². The molecule has 2 aromatic rings. The second-order valence-electron chi connectivity index (χ2n) is 5.31. The molecule has 1 aromatic heterocycles. The Labute approximate surface area is 145 Å². The highest BCUT2D eigenvalue weighted by Crippen LogP contribution is 2.30. The lowest BCUT2D eigenvalue weighted by Gasteiger charge is -2.13. The first kappa shape index (κ1) is 18.0. The summed E-state index contributed by atoms with van der Waals surface area (Å²) < 4.78 is 4.53. The van der Waals surface area contributed by atoms with E-state index in [2.05, 4.69) is 21.6 Å². The van der Waals surface area contributed by atoms with Crippen molar-refractivity contribution < 1.29 is 19.4 Å². The van der Waals surface area contributed by atoms with Gasteiger partial charge in [0.05, 0.1) is 18.7 Å². The van der Waals surface area contributed by atoms with Gasteiger partial charge in [0, 0.05) is 23.1 Å². The summed E-state index contributed by atoms with van der Waals surface area (Å²) in [5, 5.41) is 11.9. The average Bonchev–Trinajstić information content (AvgIpc) is 2.59. The van der Waals surface area contributed by atoms with Crippen molar-refractivity contribution in [1.82, 2.24) is 4.98 Å². The molecule has 0 saturated carbocycles. The van der Waals surface area contributed by atoms with Crippen LogP contribution in [0.25, 0.3) is 11.3 Å². The van der Waals surface area contributed by atoms with E-state index in [0.29, 0.717) is 34.6 Å². The Hall–Kier alpha value is -3.35. The summed E-state index contributed by atoms with van der Waals surface area (Å²) in [6.45, 7) is 3.60. The van der Waals surface area contributed by atoms with Crippen molar-refractivity contribution in [3.8, 4) is 11.3 Å². The number of carbonyl (C=O) groups is 2. The number of nitrogens with one attached hydrogen (secondary N) is 1. The van der Waals surface area contributed by atoms with Crippen molar-refractivity contribution in [2.45, 2.75) is 12.3 Å². The number of hydrogen-bond acceptors (Lipinski definition) is 5. The minimum absolute atomic E-state index is 0.316. The number of carboxylic acids is 1. The number of amides is 1. The van der Waals surface area contributed by atoms with E-state index >= 15 is 0 Å². The van der Waals surface area contributed by atoms with Gasteiger partial charge in [-0.15, -0.1) is 6.58 Å². The number of nitrogens with zero attached hydrogens (tertiary/aromatic N) is 1. The zero-order valence-corrected chi connectivity index (χ0v) is 13.7. The fourth-order valence-corrected chi connectivity index (χ4v) is 2.40. The van der Waals surface area contributed by atoms with Gasteiger partial charge in [-0.2, -0.15) is 0 Å². The number of aliphatic carboxylic acids is 1. The van der Waals surface area contributed by atoms with E-state index in [0.717, 1.165) is 0 Å². The maximum Gasteiger partial charge on any atom is 0.411 e. The van der Waals surface area contributed by atoms with E-state index in [4.69, 9.17) is 5.73 Å². The molecule has 1 amide bonds. The molecule has 0 bridgehead atoms. The fraction of sp³-hybridized carbons (Fsp3) is 0.167. The minimum Gasteiger partial charge on any atom is -0.481 e. The lowest BCUT2D eigenvalue weighted by atomic mass is 9.95. The molecule has 4 N–H and O–H groups in total. The number of benzene rings is 1. The van der Waals surface area contributed by atoms with Crippen molar-refractivity contribution in [2.75, 3.05) is 18.2 Å². The van der Waals surface area contributed by atoms with Gasteiger partial charge in [-0.05, 0) is 42.3 Å². The number of ether oxygens (including phenoxy) is 1. The lowest BCUT2D eigenvalue weighted by molar-refractivity contribution is -0.138. The van der Waals surface area contributed by atoms with Crippen LogP contribution >= 0.6 is 0 Å². The predicted molar refractivity (Wildman–Crippen MR) is 95.3 cm³/mol. The predicted octanol–water partition coefficient (Wildman–Crippen LogP) is 3.25. The molecule has 2 rings (SSSR count). The lowest BCUT2D eigenvalue weighted by Crippen LogP contribution is -2.11. The number of carboxylic acid groups (broad SMARTS) is 1. The zero-order chi connectivity index (χ0) is 18.4. The Kier molecular flexibility index (Phi) is 5.73. The second-order valence-corrected chi connectivity index (χ2v) is 5.31. The molecule has 0 spiro atoms. The molecule has 1 unspecified atom stereocenters. The van der Waals surface area contributed by atoms with Crippen LogP contribution in [0.5, 0.6) is 0 Å². The second kappa shape index (κ2) is 7.96. The quantitative estimate of drug-likeness (QED) is 0.549. The van der Waals surface area contributed by atoms with Gasteiger partial charge in [-0.25, -0.2) is 4.79 Å². The number of aromatic nitrogens is 1. The highest BCUT2D eigenvalue weighted by molar-refractivity contribution is 5.87. The molecule has 0 saturated heterocycles. The number of carbonyl (C=O) groups excluding carboxylic acids is 1. The number of anilines is 2. The Balaban J connectivity index is 2.35. The SMILES string of the molecule is C=CCC(C(=O)O)c1ccnc(-c2ccc(NC(=O)OC)cc2N)c1. The van der Waals surface area contributed by atoms with E-state index in [1.54, 1.807) is 42.6 Å². The molecule has 0 aliphatic rings. The summed E-state index contributed by atoms with van der Waals surface area (Å²) in [4.78, 5) is 26.9. The van der Waals surface area contributed by atoms with Gasteiger partial charge in [0.15, 0.2) is 0 Å². The van der Waals surface area contributed by atoms with Crippen molar-refractivity contribution in [3.05, 3.63) is 54.7 Å². The number of pyridine rings is 1. The van der Waals surface area contributed by atoms with Gasteiger partial charge in [-0.3, -0.25) is 15.1 Å². The van der Waals surface area contributed by atoms with Gasteiger partial charge < -0.3 is 15.6 Å². The highest BCUT2D eigenvalue weighted by atomic mass is 16.5. The molecule has 0 aliphatic carbocycles. The molecule has 0 radical (unpaired) electrons. The normalized spacial score (nSPS) is 11.4. The molecule has 7 heteroatoms. The minimum atomic E-state index is -0.928. The van der Waals surface area contributed by atoms with Crippen LogP contribution in [0.15, 0.2) is 49.2 Å². The van der Waals surface area contributed by atoms with Gasteiger partial charge in [0.2, 0.25) is 0 Å². The van der Waals surface area contributed by atoms with Crippen LogP contribution < -0.4 is 11.1 Å². The van der Waals surface area contributed by atoms with Gasteiger partial charge in [-0.1, -0.05) is 6.08 Å². The van der Waals surface area contributed by atoms with Crippen LogP contribution in [-0.2, 0) is 9.53 Å². The van der Waals surface area contributed by atoms with Crippen LogP contribution in [0.1, 0.15) is 17.9 Å². The number of rotatable bonds is 6. The topological polar surface area (TPSA) is 115 Å². The van der Waals surface area contributed by atoms with E-state index in [1.165, 1.54) is 7.11 Å². The summed E-state index contributed by atoms with van der Waals surface area (Å²) in [6, 6.07) is 8.31. The van der Waals surface area contributed by atoms with Crippen molar-refractivity contribution in [1.29, 1.82) is 0 Å². The third-order valence-corrected chi connectivity index (χ3v) is 3.65. The molecular weight excluding hydrogens is 322 g/mol. The number of nitrogen functional groups attached to an aromatic ring is 1. The number of hydrogen-bond donors (Lipinski definition) is 3. The van der Waals surface area contributed by atoms with Gasteiger partial charge >= 0.3 is 12.1 Å². The molecule has 1 aromatic carbocycles. The molecule has 25 heavy (non-hydrogen) atoms. The maximum absolute atomic E-state index is 11.4. The summed E-state index contributed by atoms with van der Waals surface area (Å²) in [7, 11) is 1.27. The van der Waals surface area contributed by atoms with Gasteiger partial charge in [0.25, 0.3) is 0 Å². The largest absolute Gasteiger partial charge is 0.481 e. The monoisotopic (exact) mass is 341 g/mol. The van der Waals surface area contributed by atoms with Crippen LogP contribution in [0.2, 0.25) is 0 Å². The van der Waals surface area contributed by atoms with Crippen LogP contribution in [-0.4, -0.2) is 29.3 Å². The van der Waals surface area contributed by atoms with Crippen molar-refractivity contribution >= 4 is 23.4 Å². The van der Waals surface area contributed by atoms with Gasteiger partial charge in [0.1, 0.15) is 0 Å². The number of nitrogens with two attached hydrogens (primary N) is 1. The van der Waals surface area contributed by atoms with Crippen LogP contribution in [0.3, 0.4) is 0 Å². The van der Waals surface area contributed by atoms with E-state index in [1.807, 2.05) is 0 Å². The summed E-state index contributed by atoms with van der Waals surface area (Å²) in [5.41, 5.74) is 8.74. The molecule has 1 atom stereocenters. The number of methoxy groups -OCH3 is 1. The molecule has 1 heterocycles. The fourth-order valence-electron chi connectivity index (χ4n) is 2.40. The van der Waals surface area contributed by atoms with E-state index < -0.39 is 18.0 Å². The number of allylic oxidation sites excluding steroid dienone is 1. The molecule has 0 fully saturated rings.